The van der Waals surface area contributed by atoms with Gasteiger partial charge in [-0.2, -0.15) is 0 Å². The quantitative estimate of drug-likeness (QED) is 0.600. The molecule has 6 heteroatoms. The normalized spacial score (nSPS) is 14.2. The predicted molar refractivity (Wildman–Crippen MR) is 94.3 cm³/mol. The van der Waals surface area contributed by atoms with E-state index in [9.17, 15) is 15.0 Å². The first-order valence-electron chi connectivity index (χ1n) is 8.21. The van der Waals surface area contributed by atoms with E-state index in [0.29, 0.717) is 26.1 Å². The Bertz CT molecular complexity index is 488. The zero-order chi connectivity index (χ0) is 18.2. The fourth-order valence-corrected chi connectivity index (χ4v) is 2.74. The van der Waals surface area contributed by atoms with Crippen LogP contribution in [-0.4, -0.2) is 65.7 Å². The Labute approximate surface area is 144 Å². The molecule has 0 radical (unpaired) electrons. The molecule has 1 aromatic rings. The molecule has 0 saturated carbocycles. The molecule has 136 valence electrons. The molecule has 1 aromatic carbocycles. The summed E-state index contributed by atoms with van der Waals surface area (Å²) in [6.45, 7) is 6.96. The van der Waals surface area contributed by atoms with Crippen LogP contribution in [0.4, 0.5) is 4.79 Å². The number of carbonyl (C=O) groups is 1. The third-order valence-corrected chi connectivity index (χ3v) is 3.83. The molecule has 24 heavy (non-hydrogen) atoms. The largest absolute Gasteiger partial charge is 0.465 e. The monoisotopic (exact) mass is 338 g/mol. The number of aliphatic hydroxyl groups excluding tert-OH is 1. The molecule has 0 aliphatic rings. The number of benzene rings is 1. The molecule has 2 atom stereocenters. The van der Waals surface area contributed by atoms with E-state index in [1.54, 1.807) is 7.11 Å². The van der Waals surface area contributed by atoms with Gasteiger partial charge in [0.1, 0.15) is 0 Å². The van der Waals surface area contributed by atoms with E-state index in [2.05, 4.69) is 5.32 Å². The lowest BCUT2D eigenvalue weighted by molar-refractivity contribution is 0.00739. The highest BCUT2D eigenvalue weighted by Gasteiger charge is 2.37. The van der Waals surface area contributed by atoms with Crippen LogP contribution in [-0.2, 0) is 11.2 Å². The number of hydrogen-bond acceptors (Lipinski definition) is 4. The van der Waals surface area contributed by atoms with Crippen LogP contribution < -0.4 is 5.32 Å². The molecule has 6 nitrogen and oxygen atoms in total. The number of amides is 1. The number of carboxylic acid groups (broad SMARTS) is 1. The molecule has 0 aliphatic heterocycles. The number of methoxy groups -OCH3 is 1. The number of rotatable bonds is 9. The molecule has 0 unspecified atom stereocenters. The molecular formula is C18H30N2O4. The third kappa shape index (κ3) is 6.47. The Morgan fingerprint density at radius 1 is 1.29 bits per heavy atom. The zero-order valence-corrected chi connectivity index (χ0v) is 15.0. The molecule has 1 amide bonds. The van der Waals surface area contributed by atoms with Crippen molar-refractivity contribution in [2.75, 3.05) is 26.8 Å². The molecule has 3 N–H and O–H groups in total. The second-order valence-electron chi connectivity index (χ2n) is 6.84. The summed E-state index contributed by atoms with van der Waals surface area (Å²) in [5.41, 5.74) is 0.382. The molecule has 0 fully saturated rings. The summed E-state index contributed by atoms with van der Waals surface area (Å²) in [7, 11) is 1.61. The Kier molecular flexibility index (Phi) is 8.18. The van der Waals surface area contributed by atoms with Crippen LogP contribution in [0.1, 0.15) is 26.3 Å². The summed E-state index contributed by atoms with van der Waals surface area (Å²) in [6, 6.07) is 9.09. The second kappa shape index (κ2) is 9.61. The van der Waals surface area contributed by atoms with Crippen molar-refractivity contribution >= 4 is 6.09 Å². The molecule has 0 saturated heterocycles. The Morgan fingerprint density at radius 2 is 1.92 bits per heavy atom. The number of nitrogens with one attached hydrogen (secondary N) is 1. The summed E-state index contributed by atoms with van der Waals surface area (Å²) < 4.78 is 4.97. The summed E-state index contributed by atoms with van der Waals surface area (Å²) in [4.78, 5) is 13.2. The van der Waals surface area contributed by atoms with Crippen molar-refractivity contribution in [3.8, 4) is 0 Å². The molecular weight excluding hydrogens is 308 g/mol. The summed E-state index contributed by atoms with van der Waals surface area (Å²) in [5.74, 6) is 0. The van der Waals surface area contributed by atoms with Crippen LogP contribution in [0.5, 0.6) is 0 Å². The molecule has 1 rings (SSSR count). The average Bonchev–Trinajstić information content (AvgIpc) is 2.50. The van der Waals surface area contributed by atoms with Gasteiger partial charge in [-0.05, 0) is 32.8 Å². The number of hydrogen-bond donors (Lipinski definition) is 3. The maximum absolute atomic E-state index is 11.8. The number of ether oxygens (including phenoxy) is 1. The topological polar surface area (TPSA) is 82.0 Å². The SMILES string of the molecule is COCCNC[C@@H](O)[C@H](Cc1ccccc1)N(C(=O)O)C(C)(C)C. The average molecular weight is 338 g/mol. The number of aliphatic hydroxyl groups is 1. The second-order valence-corrected chi connectivity index (χ2v) is 6.84. The predicted octanol–water partition coefficient (Wildman–Crippen LogP) is 1.97. The van der Waals surface area contributed by atoms with Crippen molar-refractivity contribution in [1.29, 1.82) is 0 Å². The van der Waals surface area contributed by atoms with E-state index in [-0.39, 0.29) is 0 Å². The van der Waals surface area contributed by atoms with Crippen LogP contribution in [0.15, 0.2) is 30.3 Å². The lowest BCUT2D eigenvalue weighted by Crippen LogP contribution is -2.58. The van der Waals surface area contributed by atoms with Crippen LogP contribution in [0.3, 0.4) is 0 Å². The van der Waals surface area contributed by atoms with Crippen molar-refractivity contribution in [3.05, 3.63) is 35.9 Å². The van der Waals surface area contributed by atoms with Gasteiger partial charge in [0.2, 0.25) is 0 Å². The minimum Gasteiger partial charge on any atom is -0.465 e. The van der Waals surface area contributed by atoms with Crippen molar-refractivity contribution < 1.29 is 19.7 Å². The highest BCUT2D eigenvalue weighted by atomic mass is 16.5. The Balaban J connectivity index is 2.94. The molecule has 0 aliphatic carbocycles. The minimum absolute atomic E-state index is 0.306. The van der Waals surface area contributed by atoms with Crippen molar-refractivity contribution in [2.45, 2.75) is 44.9 Å². The highest BCUT2D eigenvalue weighted by molar-refractivity contribution is 5.66. The zero-order valence-electron chi connectivity index (χ0n) is 15.0. The first-order chi connectivity index (χ1) is 11.3. The smallest absolute Gasteiger partial charge is 0.408 e. The fraction of sp³-hybridized carbons (Fsp3) is 0.611. The fourth-order valence-electron chi connectivity index (χ4n) is 2.74. The third-order valence-electron chi connectivity index (χ3n) is 3.83. The van der Waals surface area contributed by atoms with E-state index in [1.807, 2.05) is 51.1 Å². The van der Waals surface area contributed by atoms with E-state index in [4.69, 9.17) is 4.74 Å². The lowest BCUT2D eigenvalue weighted by Gasteiger charge is -2.42. The maximum Gasteiger partial charge on any atom is 0.408 e. The van der Waals surface area contributed by atoms with Gasteiger partial charge in [0.05, 0.1) is 18.8 Å². The Hall–Kier alpha value is -1.63. The van der Waals surface area contributed by atoms with Gasteiger partial charge in [0.15, 0.2) is 0 Å². The van der Waals surface area contributed by atoms with E-state index in [0.717, 1.165) is 5.56 Å². The van der Waals surface area contributed by atoms with Gasteiger partial charge in [-0.25, -0.2) is 4.79 Å². The summed E-state index contributed by atoms with van der Waals surface area (Å²) in [6.07, 6.45) is -1.39. The first kappa shape index (κ1) is 20.4. The van der Waals surface area contributed by atoms with Crippen LogP contribution >= 0.6 is 0 Å². The van der Waals surface area contributed by atoms with Gasteiger partial charge in [-0.1, -0.05) is 30.3 Å². The van der Waals surface area contributed by atoms with Gasteiger partial charge < -0.3 is 20.3 Å². The van der Waals surface area contributed by atoms with Gasteiger partial charge in [-0.15, -0.1) is 0 Å². The van der Waals surface area contributed by atoms with Gasteiger partial charge in [0.25, 0.3) is 0 Å². The lowest BCUT2D eigenvalue weighted by atomic mass is 9.94. The van der Waals surface area contributed by atoms with E-state index in [1.165, 1.54) is 4.90 Å². The standard InChI is InChI=1S/C18H30N2O4/c1-18(2,3)20(17(22)23)15(12-14-8-6-5-7-9-14)16(21)13-19-10-11-24-4/h5-9,15-16,19,21H,10-13H2,1-4H3,(H,22,23)/t15-,16+/m0/s1. The maximum atomic E-state index is 11.8. The van der Waals surface area contributed by atoms with Gasteiger partial charge in [0, 0.05) is 25.7 Å². The van der Waals surface area contributed by atoms with Crippen LogP contribution in [0.25, 0.3) is 0 Å². The minimum atomic E-state index is -1.03. The van der Waals surface area contributed by atoms with Crippen LogP contribution in [0, 0.1) is 0 Å². The summed E-state index contributed by atoms with van der Waals surface area (Å²) in [5, 5.41) is 23.4. The molecule has 0 bridgehead atoms. The molecule has 0 spiro atoms. The Morgan fingerprint density at radius 3 is 2.42 bits per heavy atom. The van der Waals surface area contributed by atoms with Crippen molar-refractivity contribution in [2.24, 2.45) is 0 Å². The van der Waals surface area contributed by atoms with Crippen molar-refractivity contribution in [1.82, 2.24) is 10.2 Å². The molecule has 0 heterocycles. The van der Waals surface area contributed by atoms with Gasteiger partial charge in [-0.3, -0.25) is 4.90 Å². The van der Waals surface area contributed by atoms with Gasteiger partial charge >= 0.3 is 6.09 Å². The van der Waals surface area contributed by atoms with E-state index >= 15 is 0 Å². The number of nitrogens with zero attached hydrogens (tertiary/aromatic N) is 1. The molecule has 0 aromatic heterocycles. The highest BCUT2D eigenvalue weighted by Crippen LogP contribution is 2.22. The summed E-state index contributed by atoms with van der Waals surface area (Å²) >= 11 is 0. The first-order valence-corrected chi connectivity index (χ1v) is 8.21. The van der Waals surface area contributed by atoms with E-state index < -0.39 is 23.8 Å². The van der Waals surface area contributed by atoms with Crippen molar-refractivity contribution in [3.63, 3.8) is 0 Å². The van der Waals surface area contributed by atoms with Crippen LogP contribution in [0.2, 0.25) is 0 Å².